The Labute approximate surface area is 73.6 Å². The van der Waals surface area contributed by atoms with Crippen molar-refractivity contribution in [3.63, 3.8) is 0 Å². The summed E-state index contributed by atoms with van der Waals surface area (Å²) in [6.45, 7) is 0. The van der Waals surface area contributed by atoms with Crippen molar-refractivity contribution in [3.05, 3.63) is 21.8 Å². The Morgan fingerprint density at radius 3 is 2.50 bits per heavy atom. The Hall–Kier alpha value is 0.430. The normalized spacial score (nSPS) is 8.12. The van der Waals surface area contributed by atoms with E-state index in [2.05, 4.69) is 0 Å². The van der Waals surface area contributed by atoms with E-state index in [0.29, 0.717) is 0 Å². The molecule has 0 aliphatic rings. The standard InChI is InChI=1S/C4H5NOS.Na/c1-5-4(6)2-3-7-5;/h2-3H,1H3;. The molecule has 39 valence electrons. The Bertz CT molecular complexity index is 204. The first-order valence-electron chi connectivity index (χ1n) is 1.92. The van der Waals surface area contributed by atoms with E-state index in [1.54, 1.807) is 22.5 Å². The van der Waals surface area contributed by atoms with Gasteiger partial charge >= 0.3 is 0 Å². The van der Waals surface area contributed by atoms with E-state index in [9.17, 15) is 4.79 Å². The van der Waals surface area contributed by atoms with Crippen molar-refractivity contribution in [1.82, 2.24) is 3.96 Å². The Morgan fingerprint density at radius 2 is 2.38 bits per heavy atom. The monoisotopic (exact) mass is 138 g/mol. The summed E-state index contributed by atoms with van der Waals surface area (Å²) >= 11 is 1.41. The summed E-state index contributed by atoms with van der Waals surface area (Å²) in [5.74, 6) is 0. The van der Waals surface area contributed by atoms with E-state index in [0.717, 1.165) is 0 Å². The third-order valence-electron chi connectivity index (χ3n) is 0.740. The van der Waals surface area contributed by atoms with Gasteiger partial charge in [-0.15, -0.1) is 0 Å². The maximum absolute atomic E-state index is 10.4. The predicted octanol–water partition coefficient (Wildman–Crippen LogP) is 0.0660. The molecule has 2 nitrogen and oxygen atoms in total. The summed E-state index contributed by atoms with van der Waals surface area (Å²) in [5.41, 5.74) is 0.0741. The molecular formula is C4H5NNaOS. The number of rotatable bonds is 0. The molecule has 0 fully saturated rings. The van der Waals surface area contributed by atoms with E-state index < -0.39 is 0 Å². The smallest absolute Gasteiger partial charge is 0.260 e. The summed E-state index contributed by atoms with van der Waals surface area (Å²) in [5, 5.41) is 1.77. The van der Waals surface area contributed by atoms with Crippen molar-refractivity contribution in [2.45, 2.75) is 0 Å². The zero-order chi connectivity index (χ0) is 5.28. The van der Waals surface area contributed by atoms with Gasteiger partial charge in [0, 0.05) is 48.1 Å². The van der Waals surface area contributed by atoms with Crippen LogP contribution < -0.4 is 5.56 Å². The summed E-state index contributed by atoms with van der Waals surface area (Å²) in [6.07, 6.45) is 0. The molecule has 1 rings (SSSR count). The van der Waals surface area contributed by atoms with Crippen molar-refractivity contribution in [3.8, 4) is 0 Å². The molecule has 0 amide bonds. The van der Waals surface area contributed by atoms with Crippen molar-refractivity contribution in [1.29, 1.82) is 0 Å². The third-order valence-corrected chi connectivity index (χ3v) is 1.49. The fraction of sp³-hybridized carbons (Fsp3) is 0.250. The maximum Gasteiger partial charge on any atom is 0.260 e. The van der Waals surface area contributed by atoms with E-state index >= 15 is 0 Å². The van der Waals surface area contributed by atoms with Crippen LogP contribution in [-0.2, 0) is 7.05 Å². The average molecular weight is 138 g/mol. The fourth-order valence-electron chi connectivity index (χ4n) is 0.337. The van der Waals surface area contributed by atoms with Gasteiger partial charge in [0.25, 0.3) is 5.56 Å². The first-order valence-corrected chi connectivity index (χ1v) is 2.75. The minimum atomic E-state index is 0. The summed E-state index contributed by atoms with van der Waals surface area (Å²) < 4.78 is 1.57. The largest absolute Gasteiger partial charge is 0.268 e. The van der Waals surface area contributed by atoms with Crippen LogP contribution in [0.3, 0.4) is 0 Å². The predicted molar refractivity (Wildman–Crippen MR) is 35.3 cm³/mol. The van der Waals surface area contributed by atoms with Crippen molar-refractivity contribution < 1.29 is 0 Å². The quantitative estimate of drug-likeness (QED) is 0.465. The molecule has 0 saturated carbocycles. The van der Waals surface area contributed by atoms with Gasteiger partial charge in [0.2, 0.25) is 0 Å². The zero-order valence-electron chi connectivity index (χ0n) is 4.92. The molecule has 0 bridgehead atoms. The molecule has 8 heavy (non-hydrogen) atoms. The van der Waals surface area contributed by atoms with E-state index in [1.807, 2.05) is 0 Å². The molecule has 0 aromatic carbocycles. The van der Waals surface area contributed by atoms with Crippen LogP contribution in [0.2, 0.25) is 0 Å². The van der Waals surface area contributed by atoms with Gasteiger partial charge in [-0.2, -0.15) is 0 Å². The number of aryl methyl sites for hydroxylation is 1. The molecule has 0 N–H and O–H groups in total. The SMILES string of the molecule is Cn1sccc1=O.[Na]. The van der Waals surface area contributed by atoms with Crippen molar-refractivity contribution in [2.24, 2.45) is 7.05 Å². The van der Waals surface area contributed by atoms with Gasteiger partial charge in [-0.1, -0.05) is 11.5 Å². The number of hydrogen-bond acceptors (Lipinski definition) is 2. The Morgan fingerprint density at radius 1 is 1.75 bits per heavy atom. The second-order valence-electron chi connectivity index (χ2n) is 1.24. The van der Waals surface area contributed by atoms with Crippen LogP contribution >= 0.6 is 11.5 Å². The number of nitrogens with zero attached hydrogens (tertiary/aromatic N) is 1. The van der Waals surface area contributed by atoms with Crippen LogP contribution in [0.5, 0.6) is 0 Å². The van der Waals surface area contributed by atoms with E-state index in [-0.39, 0.29) is 35.1 Å². The Balaban J connectivity index is 0.000000490. The molecule has 0 aliphatic carbocycles. The first kappa shape index (κ1) is 8.43. The molecule has 0 atom stereocenters. The van der Waals surface area contributed by atoms with E-state index in [1.165, 1.54) is 11.5 Å². The molecular weight excluding hydrogens is 133 g/mol. The molecule has 0 spiro atoms. The zero-order valence-corrected chi connectivity index (χ0v) is 7.73. The molecule has 1 heterocycles. The van der Waals surface area contributed by atoms with Gasteiger partial charge in [0.1, 0.15) is 0 Å². The summed E-state index contributed by atoms with van der Waals surface area (Å²) in [7, 11) is 1.74. The molecule has 0 aliphatic heterocycles. The molecule has 0 unspecified atom stereocenters. The maximum atomic E-state index is 10.4. The minimum absolute atomic E-state index is 0. The minimum Gasteiger partial charge on any atom is -0.268 e. The van der Waals surface area contributed by atoms with E-state index in [4.69, 9.17) is 0 Å². The van der Waals surface area contributed by atoms with Crippen LogP contribution in [0.15, 0.2) is 16.2 Å². The summed E-state index contributed by atoms with van der Waals surface area (Å²) in [4.78, 5) is 10.4. The van der Waals surface area contributed by atoms with Crippen LogP contribution in [0.25, 0.3) is 0 Å². The molecule has 4 heteroatoms. The second kappa shape index (κ2) is 3.45. The van der Waals surface area contributed by atoms with Crippen LogP contribution in [0.4, 0.5) is 0 Å². The molecule has 0 saturated heterocycles. The second-order valence-corrected chi connectivity index (χ2v) is 2.27. The average Bonchev–Trinajstić information content (AvgIpc) is 1.91. The number of aromatic nitrogens is 1. The first-order chi connectivity index (χ1) is 3.30. The third kappa shape index (κ3) is 1.74. The van der Waals surface area contributed by atoms with Crippen molar-refractivity contribution >= 4 is 41.1 Å². The summed E-state index contributed by atoms with van der Waals surface area (Å²) in [6, 6.07) is 1.55. The van der Waals surface area contributed by atoms with Crippen LogP contribution in [0.1, 0.15) is 0 Å². The fourth-order valence-corrected chi connectivity index (χ4v) is 0.861. The van der Waals surface area contributed by atoms with Gasteiger partial charge in [-0.05, 0) is 0 Å². The molecule has 1 aromatic heterocycles. The van der Waals surface area contributed by atoms with Gasteiger partial charge < -0.3 is 0 Å². The van der Waals surface area contributed by atoms with Gasteiger partial charge in [0.05, 0.1) is 0 Å². The van der Waals surface area contributed by atoms with Gasteiger partial charge in [0.15, 0.2) is 0 Å². The van der Waals surface area contributed by atoms with Crippen LogP contribution in [0, 0.1) is 0 Å². The topological polar surface area (TPSA) is 22.0 Å². The molecule has 1 radical (unpaired) electrons. The van der Waals surface area contributed by atoms with Crippen LogP contribution in [-0.4, -0.2) is 33.5 Å². The Kier molecular flexibility index (Phi) is 3.64. The van der Waals surface area contributed by atoms with Gasteiger partial charge in [-0.25, -0.2) is 0 Å². The van der Waals surface area contributed by atoms with Gasteiger partial charge in [-0.3, -0.25) is 8.75 Å². The number of hydrogen-bond donors (Lipinski definition) is 0. The molecule has 1 aromatic rings. The van der Waals surface area contributed by atoms with Crippen molar-refractivity contribution in [2.75, 3.05) is 0 Å².